The largest absolute Gasteiger partial charge is 0.507 e. The second kappa shape index (κ2) is 8.63. The molecule has 4 aromatic rings. The van der Waals surface area contributed by atoms with Crippen LogP contribution in [0.4, 0.5) is 15.2 Å². The van der Waals surface area contributed by atoms with Crippen molar-refractivity contribution in [3.05, 3.63) is 94.8 Å². The molecular weight excluding hydrogens is 465 g/mol. The SMILES string of the molecule is Cc1ccc2nc(N3C(=O)C(=O)C(=C(O)c4ccc(F)cc4)C3c3ccc(N(C)C)cc3)sc2c1. The van der Waals surface area contributed by atoms with Crippen molar-refractivity contribution in [1.29, 1.82) is 0 Å². The number of rotatable bonds is 4. The first kappa shape index (κ1) is 22.7. The molecule has 1 N–H and O–H groups in total. The van der Waals surface area contributed by atoms with Gasteiger partial charge in [-0.05, 0) is 66.6 Å². The summed E-state index contributed by atoms with van der Waals surface area (Å²) in [4.78, 5) is 34.5. The number of Topliss-reactive ketones (excluding diaryl/α,β-unsaturated/α-hetero) is 1. The molecule has 1 saturated heterocycles. The number of aliphatic hydroxyl groups excluding tert-OH is 1. The number of aryl methyl sites for hydroxylation is 1. The number of fused-ring (bicyclic) bond motifs is 1. The number of amides is 1. The molecule has 6 nitrogen and oxygen atoms in total. The third-order valence-corrected chi connectivity index (χ3v) is 7.04. The smallest absolute Gasteiger partial charge is 0.301 e. The van der Waals surface area contributed by atoms with Crippen LogP contribution in [0, 0.1) is 12.7 Å². The van der Waals surface area contributed by atoms with E-state index in [1.807, 2.05) is 68.4 Å². The first-order valence-corrected chi connectivity index (χ1v) is 11.8. The molecule has 35 heavy (non-hydrogen) atoms. The van der Waals surface area contributed by atoms with Crippen LogP contribution in [0.15, 0.2) is 72.3 Å². The standard InChI is InChI=1S/C27H22FN3O3S/c1-15-4-13-20-21(14-15)35-27(29-20)31-23(16-7-11-19(12-8-16)30(2)3)22(25(33)26(31)34)24(32)17-5-9-18(28)10-6-17/h4-14,23,32H,1-3H3. The summed E-state index contributed by atoms with van der Waals surface area (Å²) in [5.41, 5.74) is 3.56. The Hall–Kier alpha value is -4.04. The minimum atomic E-state index is -0.891. The molecule has 2 heterocycles. The van der Waals surface area contributed by atoms with E-state index in [0.29, 0.717) is 10.7 Å². The fraction of sp³-hybridized carbons (Fsp3) is 0.148. The molecule has 5 rings (SSSR count). The van der Waals surface area contributed by atoms with E-state index in [9.17, 15) is 19.1 Å². The number of nitrogens with zero attached hydrogens (tertiary/aromatic N) is 3. The van der Waals surface area contributed by atoms with Gasteiger partial charge in [0, 0.05) is 25.3 Å². The van der Waals surface area contributed by atoms with E-state index in [0.717, 1.165) is 21.5 Å². The number of ketones is 1. The van der Waals surface area contributed by atoms with Crippen molar-refractivity contribution in [2.75, 3.05) is 23.9 Å². The van der Waals surface area contributed by atoms with Gasteiger partial charge in [0.1, 0.15) is 11.6 Å². The van der Waals surface area contributed by atoms with Crippen LogP contribution in [0.5, 0.6) is 0 Å². The predicted octanol–water partition coefficient (Wildman–Crippen LogP) is 5.44. The highest BCUT2D eigenvalue weighted by Gasteiger charge is 2.48. The Labute approximate surface area is 205 Å². The number of carbonyl (C=O) groups is 2. The molecule has 0 radical (unpaired) electrons. The first-order chi connectivity index (χ1) is 16.7. The maximum absolute atomic E-state index is 13.5. The van der Waals surface area contributed by atoms with E-state index in [1.54, 1.807) is 0 Å². The number of hydrogen-bond donors (Lipinski definition) is 1. The van der Waals surface area contributed by atoms with Crippen LogP contribution < -0.4 is 9.80 Å². The minimum Gasteiger partial charge on any atom is -0.507 e. The van der Waals surface area contributed by atoms with Crippen molar-refractivity contribution in [1.82, 2.24) is 4.98 Å². The van der Waals surface area contributed by atoms with Crippen LogP contribution >= 0.6 is 11.3 Å². The molecule has 0 aliphatic carbocycles. The van der Waals surface area contributed by atoms with Crippen LogP contribution in [0.2, 0.25) is 0 Å². The number of carbonyl (C=O) groups excluding carboxylic acids is 2. The fourth-order valence-corrected chi connectivity index (χ4v) is 5.28. The molecule has 1 amide bonds. The summed E-state index contributed by atoms with van der Waals surface area (Å²) in [6, 6.07) is 17.5. The van der Waals surface area contributed by atoms with Gasteiger partial charge in [0.2, 0.25) is 0 Å². The predicted molar refractivity (Wildman–Crippen MR) is 136 cm³/mol. The molecule has 0 bridgehead atoms. The van der Waals surface area contributed by atoms with Gasteiger partial charge in [0.15, 0.2) is 5.13 Å². The van der Waals surface area contributed by atoms with Gasteiger partial charge in [0.05, 0.1) is 21.8 Å². The molecule has 1 atom stereocenters. The lowest BCUT2D eigenvalue weighted by Gasteiger charge is -2.23. The average molecular weight is 488 g/mol. The zero-order valence-electron chi connectivity index (χ0n) is 19.3. The molecule has 176 valence electrons. The number of aromatic nitrogens is 1. The lowest BCUT2D eigenvalue weighted by atomic mass is 9.95. The van der Waals surface area contributed by atoms with E-state index in [4.69, 9.17) is 0 Å². The summed E-state index contributed by atoms with van der Waals surface area (Å²) >= 11 is 1.31. The normalized spacial score (nSPS) is 17.4. The van der Waals surface area contributed by atoms with Gasteiger partial charge in [-0.15, -0.1) is 0 Å². The Morgan fingerprint density at radius 1 is 1.03 bits per heavy atom. The molecular formula is C27H22FN3O3S. The molecule has 0 spiro atoms. The highest BCUT2D eigenvalue weighted by Crippen LogP contribution is 2.44. The third kappa shape index (κ3) is 3.95. The maximum atomic E-state index is 13.5. The maximum Gasteiger partial charge on any atom is 0.301 e. The quantitative estimate of drug-likeness (QED) is 0.236. The Kier molecular flexibility index (Phi) is 5.61. The highest BCUT2D eigenvalue weighted by atomic mass is 32.1. The van der Waals surface area contributed by atoms with Crippen LogP contribution in [0.3, 0.4) is 0 Å². The second-order valence-electron chi connectivity index (χ2n) is 8.63. The number of anilines is 2. The molecule has 1 aliphatic heterocycles. The fourth-order valence-electron chi connectivity index (χ4n) is 4.19. The van der Waals surface area contributed by atoms with E-state index >= 15 is 0 Å². The van der Waals surface area contributed by atoms with Crippen LogP contribution in [-0.2, 0) is 9.59 Å². The zero-order valence-corrected chi connectivity index (χ0v) is 20.1. The topological polar surface area (TPSA) is 73.7 Å². The van der Waals surface area contributed by atoms with Crippen LogP contribution in [0.25, 0.3) is 16.0 Å². The Morgan fingerprint density at radius 3 is 2.37 bits per heavy atom. The van der Waals surface area contributed by atoms with Crippen LogP contribution in [0.1, 0.15) is 22.7 Å². The van der Waals surface area contributed by atoms with Gasteiger partial charge in [-0.2, -0.15) is 0 Å². The van der Waals surface area contributed by atoms with E-state index in [2.05, 4.69) is 4.98 Å². The van der Waals surface area contributed by atoms with Gasteiger partial charge in [-0.1, -0.05) is 29.5 Å². The van der Waals surface area contributed by atoms with Crippen LogP contribution in [-0.4, -0.2) is 35.9 Å². The van der Waals surface area contributed by atoms with Crippen molar-refractivity contribution in [2.24, 2.45) is 0 Å². The van der Waals surface area contributed by atoms with Crippen molar-refractivity contribution < 1.29 is 19.1 Å². The molecule has 0 saturated carbocycles. The monoisotopic (exact) mass is 487 g/mol. The van der Waals surface area contributed by atoms with Gasteiger partial charge >= 0.3 is 5.91 Å². The minimum absolute atomic E-state index is 0.0605. The lowest BCUT2D eigenvalue weighted by Crippen LogP contribution is -2.29. The summed E-state index contributed by atoms with van der Waals surface area (Å²) in [6.45, 7) is 1.97. The number of hydrogen-bond acceptors (Lipinski definition) is 6. The van der Waals surface area contributed by atoms with Crippen molar-refractivity contribution in [3.63, 3.8) is 0 Å². The summed E-state index contributed by atoms with van der Waals surface area (Å²) < 4.78 is 14.4. The summed E-state index contributed by atoms with van der Waals surface area (Å²) in [5, 5.41) is 11.5. The zero-order chi connectivity index (χ0) is 24.9. The van der Waals surface area contributed by atoms with Crippen molar-refractivity contribution >= 4 is 49.8 Å². The Morgan fingerprint density at radius 2 is 1.71 bits per heavy atom. The lowest BCUT2D eigenvalue weighted by molar-refractivity contribution is -0.132. The number of benzene rings is 3. The molecule has 8 heteroatoms. The summed E-state index contributed by atoms with van der Waals surface area (Å²) in [5.74, 6) is -2.41. The van der Waals surface area contributed by atoms with Gasteiger partial charge < -0.3 is 10.0 Å². The highest BCUT2D eigenvalue weighted by molar-refractivity contribution is 7.22. The van der Waals surface area contributed by atoms with Gasteiger partial charge in [-0.25, -0.2) is 9.37 Å². The van der Waals surface area contributed by atoms with Gasteiger partial charge in [0.25, 0.3) is 5.78 Å². The first-order valence-electron chi connectivity index (χ1n) is 11.0. The average Bonchev–Trinajstić information content (AvgIpc) is 3.37. The molecule has 3 aromatic carbocycles. The molecule has 1 fully saturated rings. The van der Waals surface area contributed by atoms with Gasteiger partial charge in [-0.3, -0.25) is 14.5 Å². The Balaban J connectivity index is 1.71. The molecule has 1 aromatic heterocycles. The Bertz CT molecular complexity index is 1490. The summed E-state index contributed by atoms with van der Waals surface area (Å²) in [7, 11) is 3.83. The van der Waals surface area contributed by atoms with E-state index < -0.39 is 23.5 Å². The van der Waals surface area contributed by atoms with E-state index in [-0.39, 0.29) is 16.9 Å². The molecule has 1 aliphatic rings. The number of thiazole rings is 1. The number of aliphatic hydroxyl groups is 1. The second-order valence-corrected chi connectivity index (χ2v) is 9.64. The molecule has 1 unspecified atom stereocenters. The summed E-state index contributed by atoms with van der Waals surface area (Å²) in [6.07, 6.45) is 0. The van der Waals surface area contributed by atoms with Crippen molar-refractivity contribution in [2.45, 2.75) is 13.0 Å². The van der Waals surface area contributed by atoms with Crippen molar-refractivity contribution in [3.8, 4) is 0 Å². The van der Waals surface area contributed by atoms with E-state index in [1.165, 1.54) is 40.5 Å². The number of halogens is 1. The third-order valence-electron chi connectivity index (χ3n) is 6.03.